The number of fused-ring (bicyclic) bond motifs is 1. The Bertz CT molecular complexity index is 968. The largest absolute Gasteiger partial charge is 0.264 e. The van der Waals surface area contributed by atoms with Crippen molar-refractivity contribution in [2.24, 2.45) is 0 Å². The van der Waals surface area contributed by atoms with Gasteiger partial charge in [0, 0.05) is 16.6 Å². The summed E-state index contributed by atoms with van der Waals surface area (Å²) in [6.07, 6.45) is 4.12. The average molecular weight is 452 g/mol. The molecule has 0 N–H and O–H groups in total. The molecule has 0 bridgehead atoms. The Kier molecular flexibility index (Phi) is 6.37. The first-order chi connectivity index (χ1) is 12.6. The Morgan fingerprint density at radius 2 is 1.65 bits per heavy atom. The van der Waals surface area contributed by atoms with Gasteiger partial charge in [0.1, 0.15) is 5.00 Å². The van der Waals surface area contributed by atoms with Crippen molar-refractivity contribution in [3.63, 3.8) is 0 Å². The van der Waals surface area contributed by atoms with Gasteiger partial charge in [-0.15, -0.1) is 11.3 Å². The molecule has 0 unspecified atom stereocenters. The highest BCUT2D eigenvalue weighted by atomic mass is 79.9. The minimum atomic E-state index is -3.60. The first-order valence-corrected chi connectivity index (χ1v) is 11.9. The number of anilines is 1. The van der Waals surface area contributed by atoms with Crippen molar-refractivity contribution < 1.29 is 8.42 Å². The van der Waals surface area contributed by atoms with E-state index in [4.69, 9.17) is 0 Å². The summed E-state index contributed by atoms with van der Waals surface area (Å²) in [6, 6.07) is 16.7. The van der Waals surface area contributed by atoms with Gasteiger partial charge in [-0.05, 0) is 40.5 Å². The summed E-state index contributed by atoms with van der Waals surface area (Å²) in [5.74, 6) is 0. The van der Waals surface area contributed by atoms with Crippen molar-refractivity contribution in [3.05, 3.63) is 59.1 Å². The number of thiophene rings is 1. The van der Waals surface area contributed by atoms with Crippen LogP contribution < -0.4 is 4.31 Å². The van der Waals surface area contributed by atoms with E-state index < -0.39 is 10.0 Å². The molecule has 0 aliphatic rings. The third-order valence-corrected chi connectivity index (χ3v) is 8.48. The molecule has 2 aromatic carbocycles. The van der Waals surface area contributed by atoms with Crippen LogP contribution in [0.4, 0.5) is 5.00 Å². The van der Waals surface area contributed by atoms with Crippen LogP contribution in [0.3, 0.4) is 0 Å². The molecule has 3 rings (SSSR count). The molecular formula is C20H22BrNO2S2. The fraction of sp³-hybridized carbons (Fsp3) is 0.300. The fourth-order valence-corrected chi connectivity index (χ4v) is 6.81. The fourth-order valence-electron chi connectivity index (χ4n) is 2.89. The topological polar surface area (TPSA) is 37.4 Å². The number of halogens is 1. The van der Waals surface area contributed by atoms with Crippen LogP contribution in [0.15, 0.2) is 64.0 Å². The van der Waals surface area contributed by atoms with Crippen LogP contribution in [0, 0.1) is 0 Å². The van der Waals surface area contributed by atoms with E-state index in [0.717, 1.165) is 45.2 Å². The van der Waals surface area contributed by atoms with Crippen molar-refractivity contribution in [3.8, 4) is 0 Å². The van der Waals surface area contributed by atoms with E-state index in [1.807, 2.05) is 30.3 Å². The summed E-state index contributed by atoms with van der Waals surface area (Å²) >= 11 is 5.16. The molecule has 0 aliphatic heterocycles. The Morgan fingerprint density at radius 3 is 2.35 bits per heavy atom. The van der Waals surface area contributed by atoms with Crippen LogP contribution in [0.25, 0.3) is 10.1 Å². The molecule has 3 aromatic rings. The van der Waals surface area contributed by atoms with Crippen molar-refractivity contribution in [2.45, 2.75) is 37.5 Å². The summed E-state index contributed by atoms with van der Waals surface area (Å²) in [5.41, 5.74) is 0. The monoisotopic (exact) mass is 451 g/mol. The van der Waals surface area contributed by atoms with Crippen LogP contribution in [0.2, 0.25) is 0 Å². The lowest BCUT2D eigenvalue weighted by molar-refractivity contribution is 0.586. The highest BCUT2D eigenvalue weighted by molar-refractivity contribution is 9.10. The number of hydrogen-bond donors (Lipinski definition) is 0. The molecule has 138 valence electrons. The molecule has 0 saturated carbocycles. The molecule has 6 heteroatoms. The van der Waals surface area contributed by atoms with E-state index in [9.17, 15) is 8.42 Å². The van der Waals surface area contributed by atoms with Gasteiger partial charge in [-0.25, -0.2) is 8.42 Å². The number of benzene rings is 2. The second-order valence-electron chi connectivity index (χ2n) is 6.17. The Morgan fingerprint density at radius 1 is 0.962 bits per heavy atom. The Balaban J connectivity index is 2.04. The van der Waals surface area contributed by atoms with Crippen LogP contribution in [0.5, 0.6) is 0 Å². The van der Waals surface area contributed by atoms with Gasteiger partial charge in [0.2, 0.25) is 0 Å². The first kappa shape index (κ1) is 19.4. The maximum atomic E-state index is 13.3. The van der Waals surface area contributed by atoms with Crippen molar-refractivity contribution in [2.75, 3.05) is 10.8 Å². The highest BCUT2D eigenvalue weighted by Crippen LogP contribution is 2.43. The van der Waals surface area contributed by atoms with Crippen LogP contribution in [0.1, 0.15) is 32.6 Å². The average Bonchev–Trinajstić information content (AvgIpc) is 2.99. The van der Waals surface area contributed by atoms with Gasteiger partial charge in [-0.2, -0.15) is 0 Å². The van der Waals surface area contributed by atoms with E-state index >= 15 is 0 Å². The van der Waals surface area contributed by atoms with Crippen LogP contribution in [-0.2, 0) is 10.0 Å². The normalized spacial score (nSPS) is 11.8. The molecule has 0 atom stereocenters. The molecule has 0 amide bonds. The molecule has 0 spiro atoms. The Hall–Kier alpha value is -1.37. The van der Waals surface area contributed by atoms with E-state index in [0.29, 0.717) is 11.4 Å². The van der Waals surface area contributed by atoms with Crippen molar-refractivity contribution in [1.29, 1.82) is 0 Å². The van der Waals surface area contributed by atoms with Gasteiger partial charge < -0.3 is 0 Å². The first-order valence-electron chi connectivity index (χ1n) is 8.80. The minimum absolute atomic E-state index is 0.333. The summed E-state index contributed by atoms with van der Waals surface area (Å²) in [5, 5.41) is 1.81. The van der Waals surface area contributed by atoms with E-state index in [1.54, 1.807) is 28.6 Å². The maximum absolute atomic E-state index is 13.3. The lowest BCUT2D eigenvalue weighted by atomic mass is 10.2. The molecule has 1 heterocycles. The van der Waals surface area contributed by atoms with Crippen molar-refractivity contribution >= 4 is 52.4 Å². The molecule has 26 heavy (non-hydrogen) atoms. The van der Waals surface area contributed by atoms with Crippen LogP contribution >= 0.6 is 27.3 Å². The molecule has 0 fully saturated rings. The zero-order valence-corrected chi connectivity index (χ0v) is 17.9. The summed E-state index contributed by atoms with van der Waals surface area (Å²) < 4.78 is 30.2. The standard InChI is InChI=1S/C20H22BrNO2S2/c1-2-3-4-10-15-22(26(23,24)16-11-6-5-7-12-16)20-19(21)17-13-8-9-14-18(17)25-20/h5-9,11-14H,2-4,10,15H2,1H3. The highest BCUT2D eigenvalue weighted by Gasteiger charge is 2.28. The van der Waals surface area contributed by atoms with Crippen LogP contribution in [-0.4, -0.2) is 15.0 Å². The van der Waals surface area contributed by atoms with Gasteiger partial charge in [-0.1, -0.05) is 62.6 Å². The third kappa shape index (κ3) is 3.97. The second-order valence-corrected chi connectivity index (χ2v) is 9.85. The van der Waals surface area contributed by atoms with E-state index in [2.05, 4.69) is 22.9 Å². The number of nitrogens with zero attached hydrogens (tertiary/aromatic N) is 1. The summed E-state index contributed by atoms with van der Waals surface area (Å²) in [4.78, 5) is 0.333. The lowest BCUT2D eigenvalue weighted by Gasteiger charge is -2.23. The summed E-state index contributed by atoms with van der Waals surface area (Å²) in [7, 11) is -3.60. The number of hydrogen-bond acceptors (Lipinski definition) is 3. The van der Waals surface area contributed by atoms with Gasteiger partial charge in [0.15, 0.2) is 0 Å². The minimum Gasteiger partial charge on any atom is -0.256 e. The SMILES string of the molecule is CCCCCCN(c1sc2ccccc2c1Br)S(=O)(=O)c1ccccc1. The van der Waals surface area contributed by atoms with Gasteiger partial charge in [-0.3, -0.25) is 4.31 Å². The molecule has 0 aliphatic carbocycles. The quantitative estimate of drug-likeness (QED) is 0.369. The predicted octanol–water partition coefficient (Wildman–Crippen LogP) is 6.44. The lowest BCUT2D eigenvalue weighted by Crippen LogP contribution is -2.31. The molecular weight excluding hydrogens is 430 g/mol. The second kappa shape index (κ2) is 8.55. The smallest absolute Gasteiger partial charge is 0.256 e. The molecule has 0 saturated heterocycles. The Labute approximate surface area is 167 Å². The van der Waals surface area contributed by atoms with Gasteiger partial charge in [0.05, 0.1) is 9.37 Å². The zero-order chi connectivity index (χ0) is 18.6. The zero-order valence-electron chi connectivity index (χ0n) is 14.7. The number of rotatable bonds is 8. The third-order valence-electron chi connectivity index (χ3n) is 4.29. The maximum Gasteiger partial charge on any atom is 0.264 e. The molecule has 1 aromatic heterocycles. The molecule has 3 nitrogen and oxygen atoms in total. The molecule has 0 radical (unpaired) electrons. The number of sulfonamides is 1. The van der Waals surface area contributed by atoms with E-state index in [-0.39, 0.29) is 0 Å². The van der Waals surface area contributed by atoms with E-state index in [1.165, 1.54) is 11.3 Å². The van der Waals surface area contributed by atoms with Gasteiger partial charge in [0.25, 0.3) is 10.0 Å². The predicted molar refractivity (Wildman–Crippen MR) is 115 cm³/mol. The van der Waals surface area contributed by atoms with Crippen molar-refractivity contribution in [1.82, 2.24) is 0 Å². The number of unbranched alkanes of at least 4 members (excludes halogenated alkanes) is 3. The summed E-state index contributed by atoms with van der Waals surface area (Å²) in [6.45, 7) is 2.64. The van der Waals surface area contributed by atoms with Gasteiger partial charge >= 0.3 is 0 Å².